The highest BCUT2D eigenvalue weighted by Crippen LogP contribution is 2.33. The maximum atomic E-state index is 12.6. The molecule has 0 amide bonds. The second kappa shape index (κ2) is 9.62. The van der Waals surface area contributed by atoms with Gasteiger partial charge in [-0.3, -0.25) is 14.7 Å². The van der Waals surface area contributed by atoms with Crippen molar-refractivity contribution in [2.75, 3.05) is 16.6 Å². The molecule has 4 rings (SSSR count). The smallest absolute Gasteiger partial charge is 0.279 e. The van der Waals surface area contributed by atoms with Gasteiger partial charge < -0.3 is 5.32 Å². The molecule has 166 valence electrons. The molecule has 0 saturated carbocycles. The summed E-state index contributed by atoms with van der Waals surface area (Å²) in [5.74, 6) is 0. The Morgan fingerprint density at radius 3 is 2.48 bits per heavy atom. The molecule has 4 aromatic rings. The number of rotatable bonds is 8. The molecule has 0 aliphatic heterocycles. The minimum absolute atomic E-state index is 0.0543. The van der Waals surface area contributed by atoms with Crippen molar-refractivity contribution in [3.8, 4) is 11.1 Å². The first-order chi connectivity index (χ1) is 16.0. The van der Waals surface area contributed by atoms with E-state index >= 15 is 0 Å². The molecule has 0 bridgehead atoms. The van der Waals surface area contributed by atoms with Gasteiger partial charge in [0.05, 0.1) is 11.9 Å². The van der Waals surface area contributed by atoms with Crippen LogP contribution in [0.3, 0.4) is 0 Å². The van der Waals surface area contributed by atoms with E-state index in [1.165, 1.54) is 18.5 Å². The highest BCUT2D eigenvalue weighted by atomic mass is 32.2. The number of hydrogen-bond acceptors (Lipinski definition) is 6. The molecule has 1 aromatic carbocycles. The van der Waals surface area contributed by atoms with E-state index in [-0.39, 0.29) is 5.03 Å². The third-order valence-corrected chi connectivity index (χ3v) is 6.27. The highest BCUT2D eigenvalue weighted by molar-refractivity contribution is 7.92. The molecule has 3 aromatic heterocycles. The Labute approximate surface area is 193 Å². The van der Waals surface area contributed by atoms with E-state index in [0.29, 0.717) is 5.69 Å². The van der Waals surface area contributed by atoms with E-state index in [1.807, 2.05) is 37.3 Å². The summed E-state index contributed by atoms with van der Waals surface area (Å²) < 4.78 is 27.8. The third kappa shape index (κ3) is 5.07. The minimum atomic E-state index is -3.82. The van der Waals surface area contributed by atoms with Crippen LogP contribution in [0.1, 0.15) is 18.1 Å². The van der Waals surface area contributed by atoms with Crippen LogP contribution in [-0.2, 0) is 10.0 Å². The van der Waals surface area contributed by atoms with E-state index < -0.39 is 10.0 Å². The minimum Gasteiger partial charge on any atom is -0.385 e. The van der Waals surface area contributed by atoms with Crippen LogP contribution in [-0.4, -0.2) is 29.9 Å². The van der Waals surface area contributed by atoms with Crippen molar-refractivity contribution >= 4 is 27.0 Å². The molecular weight excluding hydrogens is 434 g/mol. The molecule has 3 heterocycles. The Balaban J connectivity index is 1.69. The molecule has 0 radical (unpaired) electrons. The van der Waals surface area contributed by atoms with Gasteiger partial charge in [0.1, 0.15) is 0 Å². The second-order valence-corrected chi connectivity index (χ2v) is 8.87. The number of nitrogens with one attached hydrogen (secondary N) is 2. The standard InChI is InChI=1S/C25H23N5O2S/c1-3-28-24-8-7-20(15-23(24)18(2)19-9-12-26-13-10-19)21-14-22(17-27-16-21)30-33(31,32)25-6-4-5-11-29-25/h4-17,28,30H,2-3H2,1H3. The molecule has 0 aliphatic rings. The van der Waals surface area contributed by atoms with Gasteiger partial charge in [-0.05, 0) is 66.1 Å². The number of nitrogens with zero attached hydrogens (tertiary/aromatic N) is 3. The van der Waals surface area contributed by atoms with E-state index in [2.05, 4.69) is 31.6 Å². The fraction of sp³-hybridized carbons (Fsp3) is 0.0800. The fourth-order valence-electron chi connectivity index (χ4n) is 3.39. The van der Waals surface area contributed by atoms with E-state index in [4.69, 9.17) is 0 Å². The third-order valence-electron chi connectivity index (χ3n) is 4.98. The second-order valence-electron chi connectivity index (χ2n) is 7.24. The maximum Gasteiger partial charge on any atom is 0.279 e. The molecular formula is C25H23N5O2S. The molecule has 0 spiro atoms. The van der Waals surface area contributed by atoms with Crippen LogP contribution in [0.15, 0.2) is 97.2 Å². The topological polar surface area (TPSA) is 96.9 Å². The van der Waals surface area contributed by atoms with E-state index in [1.54, 1.807) is 36.8 Å². The Hall–Kier alpha value is -4.04. The molecule has 0 fully saturated rings. The van der Waals surface area contributed by atoms with Crippen LogP contribution in [0.4, 0.5) is 11.4 Å². The maximum absolute atomic E-state index is 12.6. The summed E-state index contributed by atoms with van der Waals surface area (Å²) in [5, 5.41) is 3.32. The van der Waals surface area contributed by atoms with Crippen molar-refractivity contribution in [2.45, 2.75) is 11.9 Å². The Morgan fingerprint density at radius 1 is 0.939 bits per heavy atom. The van der Waals surface area contributed by atoms with Crippen LogP contribution in [0.25, 0.3) is 16.7 Å². The van der Waals surface area contributed by atoms with E-state index in [9.17, 15) is 8.42 Å². The SMILES string of the molecule is C=C(c1ccncc1)c1cc(-c2cncc(NS(=O)(=O)c3ccccn3)c2)ccc1NCC. The van der Waals surface area contributed by atoms with Gasteiger partial charge in [0, 0.05) is 48.1 Å². The lowest BCUT2D eigenvalue weighted by atomic mass is 9.95. The Bertz CT molecular complexity index is 1370. The first kappa shape index (κ1) is 22.2. The normalized spacial score (nSPS) is 11.1. The van der Waals surface area contributed by atoms with Gasteiger partial charge in [-0.2, -0.15) is 8.42 Å². The molecule has 2 N–H and O–H groups in total. The van der Waals surface area contributed by atoms with Gasteiger partial charge in [-0.15, -0.1) is 0 Å². The summed E-state index contributed by atoms with van der Waals surface area (Å²) in [6.07, 6.45) is 8.07. The van der Waals surface area contributed by atoms with Crippen LogP contribution in [0.5, 0.6) is 0 Å². The van der Waals surface area contributed by atoms with Gasteiger partial charge in [0.15, 0.2) is 5.03 Å². The quantitative estimate of drug-likeness (QED) is 0.393. The first-order valence-corrected chi connectivity index (χ1v) is 11.8. The Kier molecular flexibility index (Phi) is 6.46. The molecule has 7 nitrogen and oxygen atoms in total. The number of anilines is 2. The van der Waals surface area contributed by atoms with Crippen molar-refractivity contribution in [3.05, 3.63) is 103 Å². The van der Waals surface area contributed by atoms with Crippen LogP contribution in [0, 0.1) is 0 Å². The van der Waals surface area contributed by atoms with Gasteiger partial charge in [0.25, 0.3) is 10.0 Å². The number of aromatic nitrogens is 3. The van der Waals surface area contributed by atoms with Crippen molar-refractivity contribution in [3.63, 3.8) is 0 Å². The molecule has 0 aliphatic carbocycles. The summed E-state index contributed by atoms with van der Waals surface area (Å²) in [7, 11) is -3.82. The summed E-state index contributed by atoms with van der Waals surface area (Å²) in [6, 6.07) is 16.3. The predicted molar refractivity (Wildman–Crippen MR) is 131 cm³/mol. The largest absolute Gasteiger partial charge is 0.385 e. The predicted octanol–water partition coefficient (Wildman–Crippen LogP) is 4.83. The van der Waals surface area contributed by atoms with Gasteiger partial charge in [0.2, 0.25) is 0 Å². The van der Waals surface area contributed by atoms with Crippen molar-refractivity contribution in [2.24, 2.45) is 0 Å². The Morgan fingerprint density at radius 2 is 1.76 bits per heavy atom. The first-order valence-electron chi connectivity index (χ1n) is 10.3. The number of hydrogen-bond donors (Lipinski definition) is 2. The van der Waals surface area contributed by atoms with Crippen LogP contribution in [0.2, 0.25) is 0 Å². The lowest BCUT2D eigenvalue weighted by molar-refractivity contribution is 0.597. The number of sulfonamides is 1. The summed E-state index contributed by atoms with van der Waals surface area (Å²) in [4.78, 5) is 12.2. The molecule has 0 atom stereocenters. The van der Waals surface area contributed by atoms with Crippen LogP contribution >= 0.6 is 0 Å². The monoisotopic (exact) mass is 457 g/mol. The summed E-state index contributed by atoms with van der Waals surface area (Å²) >= 11 is 0. The molecule has 33 heavy (non-hydrogen) atoms. The summed E-state index contributed by atoms with van der Waals surface area (Å²) in [5.41, 5.74) is 5.73. The van der Waals surface area contributed by atoms with Gasteiger partial charge in [-0.25, -0.2) is 4.98 Å². The fourth-order valence-corrected chi connectivity index (χ4v) is 4.38. The lowest BCUT2D eigenvalue weighted by Gasteiger charge is -2.16. The van der Waals surface area contributed by atoms with Crippen LogP contribution < -0.4 is 10.0 Å². The average molecular weight is 458 g/mol. The number of pyridine rings is 3. The van der Waals surface area contributed by atoms with Crippen molar-refractivity contribution in [1.29, 1.82) is 0 Å². The highest BCUT2D eigenvalue weighted by Gasteiger charge is 2.16. The lowest BCUT2D eigenvalue weighted by Crippen LogP contribution is -2.14. The molecule has 8 heteroatoms. The number of benzene rings is 1. The van der Waals surface area contributed by atoms with Gasteiger partial charge >= 0.3 is 0 Å². The molecule has 0 saturated heterocycles. The zero-order valence-electron chi connectivity index (χ0n) is 18.1. The zero-order chi connectivity index (χ0) is 23.3. The zero-order valence-corrected chi connectivity index (χ0v) is 18.9. The summed E-state index contributed by atoms with van der Waals surface area (Å²) in [6.45, 7) is 7.09. The van der Waals surface area contributed by atoms with Crippen molar-refractivity contribution in [1.82, 2.24) is 15.0 Å². The average Bonchev–Trinajstić information content (AvgIpc) is 2.85. The van der Waals surface area contributed by atoms with E-state index in [0.717, 1.165) is 40.1 Å². The molecule has 0 unspecified atom stereocenters. The van der Waals surface area contributed by atoms with Crippen molar-refractivity contribution < 1.29 is 8.42 Å². The van der Waals surface area contributed by atoms with Gasteiger partial charge in [-0.1, -0.05) is 18.7 Å².